The summed E-state index contributed by atoms with van der Waals surface area (Å²) in [6, 6.07) is 6.16. The van der Waals surface area contributed by atoms with Gasteiger partial charge in [-0.15, -0.1) is 0 Å². The molecule has 0 atom stereocenters. The first-order chi connectivity index (χ1) is 6.24. The molecule has 3 heteroatoms. The highest BCUT2D eigenvalue weighted by molar-refractivity contribution is 9.10. The Balaban J connectivity index is 2.89. The van der Waals surface area contributed by atoms with Crippen molar-refractivity contribution in [1.82, 2.24) is 9.38 Å². The number of aryl methyl sites for hydroxylation is 2. The average Bonchev–Trinajstić information content (AvgIpc) is 2.45. The van der Waals surface area contributed by atoms with Crippen molar-refractivity contribution in [2.45, 2.75) is 20.3 Å². The highest BCUT2D eigenvalue weighted by atomic mass is 79.9. The second-order valence-electron chi connectivity index (χ2n) is 3.04. The van der Waals surface area contributed by atoms with Crippen molar-refractivity contribution in [3.63, 3.8) is 0 Å². The zero-order chi connectivity index (χ0) is 9.42. The molecule has 0 unspecified atom stereocenters. The molecule has 0 saturated heterocycles. The lowest BCUT2D eigenvalue weighted by atomic mass is 10.3. The van der Waals surface area contributed by atoms with Gasteiger partial charge in [0.25, 0.3) is 0 Å². The predicted molar refractivity (Wildman–Crippen MR) is 57.0 cm³/mol. The Bertz CT molecular complexity index is 445. The van der Waals surface area contributed by atoms with Crippen molar-refractivity contribution in [1.29, 1.82) is 0 Å². The van der Waals surface area contributed by atoms with Crippen LogP contribution >= 0.6 is 15.9 Å². The summed E-state index contributed by atoms with van der Waals surface area (Å²) in [7, 11) is 0. The number of hydrogen-bond acceptors (Lipinski definition) is 1. The molecule has 68 valence electrons. The van der Waals surface area contributed by atoms with E-state index in [0.717, 1.165) is 22.5 Å². The van der Waals surface area contributed by atoms with Gasteiger partial charge in [-0.3, -0.25) is 4.40 Å². The largest absolute Gasteiger partial charge is 0.290 e. The number of imidazole rings is 1. The molecule has 0 aromatic carbocycles. The molecule has 0 spiro atoms. The van der Waals surface area contributed by atoms with Crippen LogP contribution in [0.4, 0.5) is 0 Å². The summed E-state index contributed by atoms with van der Waals surface area (Å²) < 4.78 is 3.22. The molecular weight excluding hydrogens is 228 g/mol. The van der Waals surface area contributed by atoms with Crippen LogP contribution < -0.4 is 0 Å². The number of hydrogen-bond donors (Lipinski definition) is 0. The number of fused-ring (bicyclic) bond motifs is 1. The molecule has 2 nitrogen and oxygen atoms in total. The zero-order valence-corrected chi connectivity index (χ0v) is 9.30. The van der Waals surface area contributed by atoms with Gasteiger partial charge >= 0.3 is 0 Å². The summed E-state index contributed by atoms with van der Waals surface area (Å²) in [6.45, 7) is 4.16. The molecule has 2 heterocycles. The molecule has 0 bridgehead atoms. The highest BCUT2D eigenvalue weighted by Gasteiger charge is 2.07. The number of halogens is 1. The first-order valence-electron chi connectivity index (χ1n) is 4.36. The smallest absolute Gasteiger partial charge is 0.114 e. The Morgan fingerprint density at radius 2 is 2.23 bits per heavy atom. The molecule has 0 amide bonds. The van der Waals surface area contributed by atoms with Crippen LogP contribution in [0.3, 0.4) is 0 Å². The van der Waals surface area contributed by atoms with Crippen molar-refractivity contribution < 1.29 is 0 Å². The van der Waals surface area contributed by atoms with Gasteiger partial charge in [0.1, 0.15) is 5.82 Å². The number of pyridine rings is 1. The molecule has 0 fully saturated rings. The number of rotatable bonds is 1. The molecule has 0 N–H and O–H groups in total. The Kier molecular flexibility index (Phi) is 2.12. The van der Waals surface area contributed by atoms with Crippen LogP contribution in [0.25, 0.3) is 5.52 Å². The lowest BCUT2D eigenvalue weighted by molar-refractivity contribution is 0.916. The minimum atomic E-state index is 0.956. The van der Waals surface area contributed by atoms with Crippen LogP contribution in [0.15, 0.2) is 22.8 Å². The van der Waals surface area contributed by atoms with Crippen molar-refractivity contribution in [2.75, 3.05) is 0 Å². The molecule has 0 saturated carbocycles. The van der Waals surface area contributed by atoms with Crippen LogP contribution in [0.5, 0.6) is 0 Å². The van der Waals surface area contributed by atoms with E-state index in [4.69, 9.17) is 0 Å². The highest BCUT2D eigenvalue weighted by Crippen LogP contribution is 2.19. The number of aromatic nitrogens is 2. The molecule has 2 rings (SSSR count). The Hall–Kier alpha value is -0.830. The van der Waals surface area contributed by atoms with Crippen LogP contribution in [-0.4, -0.2) is 9.38 Å². The first kappa shape index (κ1) is 8.75. The van der Waals surface area contributed by atoms with E-state index in [0.29, 0.717) is 0 Å². The normalized spacial score (nSPS) is 11.0. The van der Waals surface area contributed by atoms with E-state index in [2.05, 4.69) is 38.3 Å². The maximum Gasteiger partial charge on any atom is 0.114 e. The van der Waals surface area contributed by atoms with Gasteiger partial charge < -0.3 is 0 Å². The van der Waals surface area contributed by atoms with E-state index in [1.54, 1.807) is 0 Å². The second-order valence-corrected chi connectivity index (χ2v) is 3.85. The summed E-state index contributed by atoms with van der Waals surface area (Å²) in [5, 5.41) is 0. The molecule has 0 aliphatic rings. The lowest BCUT2D eigenvalue weighted by Gasteiger charge is -2.00. The summed E-state index contributed by atoms with van der Waals surface area (Å²) >= 11 is 3.52. The van der Waals surface area contributed by atoms with Crippen molar-refractivity contribution in [2.24, 2.45) is 0 Å². The molecule has 2 aromatic heterocycles. The van der Waals surface area contributed by atoms with Gasteiger partial charge in [-0.05, 0) is 35.0 Å². The van der Waals surface area contributed by atoms with Crippen molar-refractivity contribution >= 4 is 21.4 Å². The van der Waals surface area contributed by atoms with Gasteiger partial charge in [0.2, 0.25) is 0 Å². The minimum Gasteiger partial charge on any atom is -0.290 e. The SMILES string of the molecule is CCc1nc(C)c2cccc(Br)n12. The fourth-order valence-corrected chi connectivity index (χ4v) is 2.11. The van der Waals surface area contributed by atoms with Gasteiger partial charge in [0, 0.05) is 6.42 Å². The van der Waals surface area contributed by atoms with Crippen LogP contribution in [0.2, 0.25) is 0 Å². The summed E-state index contributed by atoms with van der Waals surface area (Å²) in [4.78, 5) is 4.50. The Labute approximate surface area is 85.7 Å². The van der Waals surface area contributed by atoms with E-state index in [9.17, 15) is 0 Å². The topological polar surface area (TPSA) is 17.3 Å². The van der Waals surface area contributed by atoms with Gasteiger partial charge in [-0.25, -0.2) is 4.98 Å². The van der Waals surface area contributed by atoms with Crippen molar-refractivity contribution in [3.8, 4) is 0 Å². The molecule has 13 heavy (non-hydrogen) atoms. The molecule has 0 radical (unpaired) electrons. The summed E-state index contributed by atoms with van der Waals surface area (Å²) in [5.41, 5.74) is 2.28. The maximum atomic E-state index is 4.50. The summed E-state index contributed by atoms with van der Waals surface area (Å²) in [5.74, 6) is 1.11. The fourth-order valence-electron chi connectivity index (χ4n) is 1.57. The minimum absolute atomic E-state index is 0.956. The van der Waals surface area contributed by atoms with Crippen LogP contribution in [0.1, 0.15) is 18.4 Å². The van der Waals surface area contributed by atoms with Gasteiger partial charge in [0.15, 0.2) is 0 Å². The second kappa shape index (κ2) is 3.14. The Morgan fingerprint density at radius 3 is 2.92 bits per heavy atom. The first-order valence-corrected chi connectivity index (χ1v) is 5.15. The fraction of sp³-hybridized carbons (Fsp3) is 0.300. The van der Waals surface area contributed by atoms with E-state index >= 15 is 0 Å². The molecular formula is C10H11BrN2. The van der Waals surface area contributed by atoms with E-state index in [-0.39, 0.29) is 0 Å². The molecule has 0 aliphatic carbocycles. The van der Waals surface area contributed by atoms with E-state index < -0.39 is 0 Å². The zero-order valence-electron chi connectivity index (χ0n) is 7.71. The van der Waals surface area contributed by atoms with Crippen LogP contribution in [0, 0.1) is 6.92 Å². The van der Waals surface area contributed by atoms with Crippen molar-refractivity contribution in [3.05, 3.63) is 34.3 Å². The quantitative estimate of drug-likeness (QED) is 0.699. The van der Waals surface area contributed by atoms with Gasteiger partial charge in [-0.2, -0.15) is 0 Å². The predicted octanol–water partition coefficient (Wildman–Crippen LogP) is 2.97. The van der Waals surface area contributed by atoms with E-state index in [1.165, 1.54) is 5.52 Å². The molecule has 0 aliphatic heterocycles. The monoisotopic (exact) mass is 238 g/mol. The van der Waals surface area contributed by atoms with Gasteiger partial charge in [0.05, 0.1) is 15.8 Å². The lowest BCUT2D eigenvalue weighted by Crippen LogP contribution is -1.93. The van der Waals surface area contributed by atoms with Gasteiger partial charge in [-0.1, -0.05) is 13.0 Å². The Morgan fingerprint density at radius 1 is 1.46 bits per heavy atom. The van der Waals surface area contributed by atoms with Crippen LogP contribution in [-0.2, 0) is 6.42 Å². The van der Waals surface area contributed by atoms with E-state index in [1.807, 2.05) is 19.1 Å². The third-order valence-corrected chi connectivity index (χ3v) is 2.80. The third kappa shape index (κ3) is 1.27. The maximum absolute atomic E-state index is 4.50. The standard InChI is InChI=1S/C10H11BrN2/c1-3-10-12-7(2)8-5-4-6-9(11)13(8)10/h4-6H,3H2,1-2H3. The average molecular weight is 239 g/mol. The number of nitrogens with zero attached hydrogens (tertiary/aromatic N) is 2. The summed E-state index contributed by atoms with van der Waals surface area (Å²) in [6.07, 6.45) is 0.956. The third-order valence-electron chi connectivity index (χ3n) is 2.18. The molecule has 2 aromatic rings.